The third-order valence-electron chi connectivity index (χ3n) is 12.4. The molecule has 0 saturated carbocycles. The molecule has 3 heteroatoms. The molecule has 0 spiro atoms. The van der Waals surface area contributed by atoms with Gasteiger partial charge >= 0.3 is 0 Å². The number of nitrogens with zero attached hydrogens (tertiary/aromatic N) is 3. The summed E-state index contributed by atoms with van der Waals surface area (Å²) in [4.78, 5) is 5.07. The van der Waals surface area contributed by atoms with Crippen molar-refractivity contribution in [3.63, 3.8) is 0 Å². The van der Waals surface area contributed by atoms with Crippen molar-refractivity contribution in [1.29, 1.82) is 0 Å². The molecular formula is C55H33N3. The highest BCUT2D eigenvalue weighted by molar-refractivity contribution is 6.28. The summed E-state index contributed by atoms with van der Waals surface area (Å²) >= 11 is 0. The molecule has 13 aromatic rings. The van der Waals surface area contributed by atoms with Gasteiger partial charge in [0, 0.05) is 27.7 Å². The highest BCUT2D eigenvalue weighted by Gasteiger charge is 2.21. The molecule has 58 heavy (non-hydrogen) atoms. The number of imidazole rings is 1. The van der Waals surface area contributed by atoms with Crippen LogP contribution >= 0.6 is 0 Å². The van der Waals surface area contributed by atoms with Crippen LogP contribution < -0.4 is 0 Å². The molecule has 0 amide bonds. The van der Waals surface area contributed by atoms with Gasteiger partial charge in [-0.15, -0.1) is 0 Å². The van der Waals surface area contributed by atoms with Gasteiger partial charge in [-0.3, -0.25) is 4.57 Å². The average molecular weight is 736 g/mol. The predicted octanol–water partition coefficient (Wildman–Crippen LogP) is 14.6. The van der Waals surface area contributed by atoms with Gasteiger partial charge in [-0.25, -0.2) is 4.98 Å². The Labute approximate surface area is 334 Å². The van der Waals surface area contributed by atoms with Crippen LogP contribution in [0, 0.1) is 0 Å². The van der Waals surface area contributed by atoms with Gasteiger partial charge < -0.3 is 4.57 Å². The van der Waals surface area contributed by atoms with Crippen molar-refractivity contribution in [3.8, 4) is 45.0 Å². The maximum absolute atomic E-state index is 5.07. The van der Waals surface area contributed by atoms with Gasteiger partial charge in [0.1, 0.15) is 5.82 Å². The number of benzene rings is 11. The van der Waals surface area contributed by atoms with E-state index in [1.54, 1.807) is 0 Å². The lowest BCUT2D eigenvalue weighted by molar-refractivity contribution is 1.10. The fraction of sp³-hybridized carbons (Fsp3) is 0. The zero-order valence-corrected chi connectivity index (χ0v) is 31.4. The molecule has 2 aromatic heterocycles. The Balaban J connectivity index is 1.01. The molecule has 11 aromatic carbocycles. The van der Waals surface area contributed by atoms with Gasteiger partial charge in [0.25, 0.3) is 0 Å². The number of hydrogen-bond donors (Lipinski definition) is 0. The molecule has 13 rings (SSSR count). The third kappa shape index (κ3) is 4.47. The normalized spacial score (nSPS) is 12.1. The minimum absolute atomic E-state index is 0.940. The first-order chi connectivity index (χ1) is 28.7. The molecule has 0 aliphatic heterocycles. The maximum atomic E-state index is 5.07. The zero-order valence-electron chi connectivity index (χ0n) is 31.4. The van der Waals surface area contributed by atoms with Crippen LogP contribution in [0.1, 0.15) is 0 Å². The molecule has 3 nitrogen and oxygen atoms in total. The van der Waals surface area contributed by atoms with Gasteiger partial charge in [-0.05, 0) is 126 Å². The lowest BCUT2D eigenvalue weighted by Crippen LogP contribution is -1.97. The van der Waals surface area contributed by atoms with Crippen LogP contribution in [0.25, 0.3) is 121 Å². The minimum atomic E-state index is 0.940. The van der Waals surface area contributed by atoms with E-state index < -0.39 is 0 Å². The lowest BCUT2D eigenvalue weighted by Gasteiger charge is -2.15. The quantitative estimate of drug-likeness (QED) is 0.161. The smallest absolute Gasteiger partial charge is 0.145 e. The topological polar surface area (TPSA) is 22.8 Å². The van der Waals surface area contributed by atoms with Crippen LogP contribution in [0.2, 0.25) is 0 Å². The third-order valence-corrected chi connectivity index (χ3v) is 12.4. The number of aromatic nitrogens is 3. The molecule has 0 radical (unpaired) electrons. The highest BCUT2D eigenvalue weighted by Crippen LogP contribution is 2.45. The van der Waals surface area contributed by atoms with E-state index in [1.807, 2.05) is 0 Å². The molecule has 0 fully saturated rings. The van der Waals surface area contributed by atoms with Crippen molar-refractivity contribution in [2.75, 3.05) is 0 Å². The van der Waals surface area contributed by atoms with E-state index in [0.717, 1.165) is 33.8 Å². The van der Waals surface area contributed by atoms with Gasteiger partial charge in [0.15, 0.2) is 0 Å². The number of fused-ring (bicyclic) bond motifs is 1. The Bertz CT molecular complexity index is 3690. The first-order valence-corrected chi connectivity index (χ1v) is 20.0. The van der Waals surface area contributed by atoms with Crippen molar-refractivity contribution in [2.45, 2.75) is 0 Å². The Morgan fingerprint density at radius 3 is 1.66 bits per heavy atom. The van der Waals surface area contributed by atoms with E-state index >= 15 is 0 Å². The van der Waals surface area contributed by atoms with Crippen molar-refractivity contribution >= 4 is 75.9 Å². The van der Waals surface area contributed by atoms with E-state index in [2.05, 4.69) is 209 Å². The van der Waals surface area contributed by atoms with Crippen LogP contribution in [-0.4, -0.2) is 14.1 Å². The summed E-state index contributed by atoms with van der Waals surface area (Å²) in [5.41, 5.74) is 12.7. The monoisotopic (exact) mass is 735 g/mol. The molecule has 0 saturated heterocycles. The van der Waals surface area contributed by atoms with E-state index in [0.29, 0.717) is 0 Å². The SMILES string of the molecule is c1ccc(-c2nc3ccccc3n2-c2ccc(-c3cc4ccc5cc(-c6ccc7ccc8cccc9ccc6c7c89)cc6c5c4c(c3)n6-c3ccccc3)cc2)cc1. The Kier molecular flexibility index (Phi) is 6.44. The van der Waals surface area contributed by atoms with Crippen LogP contribution in [-0.2, 0) is 0 Å². The number of rotatable bonds is 5. The molecule has 2 heterocycles. The van der Waals surface area contributed by atoms with Gasteiger partial charge in [0.05, 0.1) is 22.1 Å². The van der Waals surface area contributed by atoms with Crippen molar-refractivity contribution < 1.29 is 0 Å². The average Bonchev–Trinajstić information content (AvgIpc) is 3.85. The predicted molar refractivity (Wildman–Crippen MR) is 244 cm³/mol. The molecule has 268 valence electrons. The van der Waals surface area contributed by atoms with Crippen molar-refractivity contribution in [3.05, 3.63) is 200 Å². The van der Waals surface area contributed by atoms with E-state index in [4.69, 9.17) is 4.98 Å². The summed E-state index contributed by atoms with van der Waals surface area (Å²) in [6.07, 6.45) is 0. The second kappa shape index (κ2) is 11.9. The van der Waals surface area contributed by atoms with E-state index in [-0.39, 0.29) is 0 Å². The zero-order chi connectivity index (χ0) is 37.9. The first kappa shape index (κ1) is 31.5. The number of hydrogen-bond acceptors (Lipinski definition) is 1. The molecule has 0 N–H and O–H groups in total. The summed E-state index contributed by atoms with van der Waals surface area (Å²) in [5, 5.41) is 12.9. The summed E-state index contributed by atoms with van der Waals surface area (Å²) in [5.74, 6) is 0.940. The fourth-order valence-electron chi connectivity index (χ4n) is 9.80. The maximum Gasteiger partial charge on any atom is 0.145 e. The molecule has 0 atom stereocenters. The Morgan fingerprint density at radius 2 is 0.897 bits per heavy atom. The van der Waals surface area contributed by atoms with Crippen LogP contribution in [0.15, 0.2) is 200 Å². The van der Waals surface area contributed by atoms with Gasteiger partial charge in [0.2, 0.25) is 0 Å². The lowest BCUT2D eigenvalue weighted by atomic mass is 9.89. The van der Waals surface area contributed by atoms with E-state index in [9.17, 15) is 0 Å². The van der Waals surface area contributed by atoms with Crippen LogP contribution in [0.5, 0.6) is 0 Å². The first-order valence-electron chi connectivity index (χ1n) is 20.0. The van der Waals surface area contributed by atoms with Crippen molar-refractivity contribution in [1.82, 2.24) is 14.1 Å². The molecule has 0 unspecified atom stereocenters. The molecule has 0 aliphatic carbocycles. The second-order valence-corrected chi connectivity index (χ2v) is 15.6. The molecule has 0 bridgehead atoms. The highest BCUT2D eigenvalue weighted by atomic mass is 15.1. The van der Waals surface area contributed by atoms with Crippen LogP contribution in [0.3, 0.4) is 0 Å². The second-order valence-electron chi connectivity index (χ2n) is 15.6. The summed E-state index contributed by atoms with van der Waals surface area (Å²) < 4.78 is 4.75. The standard InChI is InChI=1S/C55H33N3/c1-3-10-38(11-4-1)55-56-47-16-7-8-17-48(47)58(55)44-26-22-34(23-27-44)41-30-39-20-21-40-31-42(33-50-54(40)53(39)49(32-41)57(50)43-14-5-2-6-15-43)45-28-24-37-19-18-35-12-9-13-36-25-29-46(45)52(37)51(35)36/h1-33H. The molecular weight excluding hydrogens is 703 g/mol. The summed E-state index contributed by atoms with van der Waals surface area (Å²) in [6, 6.07) is 73.3. The Morgan fingerprint density at radius 1 is 0.310 bits per heavy atom. The van der Waals surface area contributed by atoms with E-state index in [1.165, 1.54) is 87.1 Å². The summed E-state index contributed by atoms with van der Waals surface area (Å²) in [6.45, 7) is 0. The Hall–Kier alpha value is -7.75. The number of para-hydroxylation sites is 3. The minimum Gasteiger partial charge on any atom is -0.309 e. The van der Waals surface area contributed by atoms with Crippen LogP contribution in [0.4, 0.5) is 0 Å². The fourth-order valence-corrected chi connectivity index (χ4v) is 9.80. The largest absolute Gasteiger partial charge is 0.309 e. The molecule has 0 aliphatic rings. The van der Waals surface area contributed by atoms with Crippen molar-refractivity contribution in [2.24, 2.45) is 0 Å². The van der Waals surface area contributed by atoms with Gasteiger partial charge in [-0.1, -0.05) is 140 Å². The summed E-state index contributed by atoms with van der Waals surface area (Å²) in [7, 11) is 0. The van der Waals surface area contributed by atoms with Gasteiger partial charge in [-0.2, -0.15) is 0 Å².